The molecule has 218 valence electrons. The summed E-state index contributed by atoms with van der Waals surface area (Å²) in [4.78, 5) is 38.7. The van der Waals surface area contributed by atoms with E-state index >= 15 is 0 Å². The van der Waals surface area contributed by atoms with Gasteiger partial charge >= 0.3 is 17.9 Å². The molecule has 2 N–H and O–H groups in total. The van der Waals surface area contributed by atoms with Crippen molar-refractivity contribution in [3.05, 3.63) is 67.8 Å². The van der Waals surface area contributed by atoms with E-state index in [4.69, 9.17) is 23.7 Å². The van der Waals surface area contributed by atoms with Crippen LogP contribution < -0.4 is 23.7 Å². The molecule has 0 unspecified atom stereocenters. The molecule has 3 aromatic rings. The molecule has 0 aliphatic heterocycles. The number of esters is 2. The zero-order valence-corrected chi connectivity index (χ0v) is 24.8. The van der Waals surface area contributed by atoms with Gasteiger partial charge in [0, 0.05) is 16.7 Å². The third-order valence-electron chi connectivity index (χ3n) is 7.20. The van der Waals surface area contributed by atoms with Crippen LogP contribution in [0.2, 0.25) is 0 Å². The van der Waals surface area contributed by atoms with Gasteiger partial charge in [-0.25, -0.2) is 14.4 Å². The molecule has 0 aliphatic rings. The predicted octanol–water partition coefficient (Wildman–Crippen LogP) is 5.71. The molecular formula is C31H34O10. The van der Waals surface area contributed by atoms with E-state index in [1.807, 2.05) is 0 Å². The highest BCUT2D eigenvalue weighted by atomic mass is 16.5. The number of carbonyl (C=O) groups excluding carboxylic acids is 2. The zero-order chi connectivity index (χ0) is 30.9. The van der Waals surface area contributed by atoms with Gasteiger partial charge in [0.1, 0.15) is 51.2 Å². The minimum Gasteiger partial charge on any atom is -0.508 e. The van der Waals surface area contributed by atoms with Crippen molar-refractivity contribution in [2.75, 3.05) is 21.3 Å². The molecule has 0 fully saturated rings. The summed E-state index contributed by atoms with van der Waals surface area (Å²) in [6.45, 7) is 11.5. The van der Waals surface area contributed by atoms with Gasteiger partial charge in [-0.15, -0.1) is 0 Å². The van der Waals surface area contributed by atoms with Crippen molar-refractivity contribution in [2.24, 2.45) is 0 Å². The van der Waals surface area contributed by atoms with Crippen LogP contribution >= 0.6 is 0 Å². The number of hydrogen-bond donors (Lipinski definition) is 2. The number of aromatic carboxylic acids is 1. The maximum atomic E-state index is 13.5. The molecule has 0 atom stereocenters. The standard InChI is InChI=1S/C31H34O10/c1-13-11-20(32)17(5)26(37-8)23(13)30(35)41-25-16(4)15(3)24(28(39-10)19(25)7)31(36)40-21-12-14(2)22(29(33)34)27(38-9)18(21)6/h11-12,32H,1-10H3,(H,33,34). The predicted molar refractivity (Wildman–Crippen MR) is 151 cm³/mol. The Hall–Kier alpha value is -4.73. The van der Waals surface area contributed by atoms with Crippen LogP contribution in [0.4, 0.5) is 0 Å². The minimum atomic E-state index is -1.16. The summed E-state index contributed by atoms with van der Waals surface area (Å²) < 4.78 is 27.9. The van der Waals surface area contributed by atoms with Crippen molar-refractivity contribution in [2.45, 2.75) is 48.5 Å². The maximum Gasteiger partial charge on any atom is 0.347 e. The second-order valence-corrected chi connectivity index (χ2v) is 9.67. The summed E-state index contributed by atoms with van der Waals surface area (Å²) in [6, 6.07) is 2.92. The van der Waals surface area contributed by atoms with Crippen LogP contribution in [-0.2, 0) is 0 Å². The van der Waals surface area contributed by atoms with E-state index in [0.717, 1.165) is 0 Å². The monoisotopic (exact) mass is 566 g/mol. The molecular weight excluding hydrogens is 532 g/mol. The number of carbonyl (C=O) groups is 3. The highest BCUT2D eigenvalue weighted by molar-refractivity contribution is 6.00. The quantitative estimate of drug-likeness (QED) is 0.257. The van der Waals surface area contributed by atoms with E-state index in [0.29, 0.717) is 38.9 Å². The van der Waals surface area contributed by atoms with Crippen molar-refractivity contribution < 1.29 is 48.3 Å². The van der Waals surface area contributed by atoms with Gasteiger partial charge in [-0.3, -0.25) is 0 Å². The van der Waals surface area contributed by atoms with Gasteiger partial charge < -0.3 is 33.9 Å². The fraction of sp³-hybridized carbons (Fsp3) is 0.323. The van der Waals surface area contributed by atoms with Crippen molar-refractivity contribution in [1.29, 1.82) is 0 Å². The van der Waals surface area contributed by atoms with Crippen molar-refractivity contribution in [3.63, 3.8) is 0 Å². The lowest BCUT2D eigenvalue weighted by atomic mass is 9.96. The zero-order valence-electron chi connectivity index (χ0n) is 24.8. The van der Waals surface area contributed by atoms with Gasteiger partial charge in [0.15, 0.2) is 0 Å². The molecule has 0 saturated heterocycles. The lowest BCUT2D eigenvalue weighted by Crippen LogP contribution is -2.18. The van der Waals surface area contributed by atoms with Crippen molar-refractivity contribution in [1.82, 2.24) is 0 Å². The third kappa shape index (κ3) is 5.37. The van der Waals surface area contributed by atoms with Gasteiger partial charge in [-0.2, -0.15) is 0 Å². The van der Waals surface area contributed by atoms with Crippen molar-refractivity contribution in [3.8, 4) is 34.5 Å². The number of hydrogen-bond acceptors (Lipinski definition) is 9. The van der Waals surface area contributed by atoms with E-state index in [-0.39, 0.29) is 51.2 Å². The van der Waals surface area contributed by atoms with Crippen LogP contribution in [0.1, 0.15) is 70.0 Å². The topological polar surface area (TPSA) is 138 Å². The summed E-state index contributed by atoms with van der Waals surface area (Å²) in [5.41, 5.74) is 3.15. The number of aryl methyl sites for hydroxylation is 2. The smallest absolute Gasteiger partial charge is 0.347 e. The SMILES string of the molecule is COc1c(C)c(O)cc(C)c1C(=O)Oc1c(C)c(C)c(C(=O)Oc2cc(C)c(C(=O)O)c(OC)c2C)c(OC)c1C. The molecule has 3 rings (SSSR count). The summed E-state index contributed by atoms with van der Waals surface area (Å²) in [5, 5.41) is 19.8. The largest absolute Gasteiger partial charge is 0.508 e. The molecule has 0 heterocycles. The Morgan fingerprint density at radius 3 is 1.59 bits per heavy atom. The van der Waals surface area contributed by atoms with Crippen LogP contribution in [-0.4, -0.2) is 49.5 Å². The van der Waals surface area contributed by atoms with Gasteiger partial charge in [0.25, 0.3) is 0 Å². The molecule has 0 radical (unpaired) electrons. The van der Waals surface area contributed by atoms with E-state index < -0.39 is 17.9 Å². The first-order chi connectivity index (χ1) is 19.2. The molecule has 0 aromatic heterocycles. The Morgan fingerprint density at radius 2 is 1.05 bits per heavy atom. The Balaban J connectivity index is 2.10. The third-order valence-corrected chi connectivity index (χ3v) is 7.20. The van der Waals surface area contributed by atoms with E-state index in [1.54, 1.807) is 48.5 Å². The van der Waals surface area contributed by atoms with Crippen LogP contribution in [0.3, 0.4) is 0 Å². The molecule has 41 heavy (non-hydrogen) atoms. The Kier molecular flexibility index (Phi) is 8.86. The summed E-state index contributed by atoms with van der Waals surface area (Å²) >= 11 is 0. The highest BCUT2D eigenvalue weighted by Crippen LogP contribution is 2.41. The first kappa shape index (κ1) is 30.8. The number of benzene rings is 3. The Labute approximate surface area is 238 Å². The van der Waals surface area contributed by atoms with E-state index in [1.165, 1.54) is 33.5 Å². The number of phenols is 1. The normalized spacial score (nSPS) is 10.7. The van der Waals surface area contributed by atoms with Crippen LogP contribution in [0.5, 0.6) is 34.5 Å². The molecule has 0 saturated carbocycles. The number of ether oxygens (including phenoxy) is 5. The molecule has 0 bridgehead atoms. The fourth-order valence-corrected chi connectivity index (χ4v) is 4.91. The summed E-state index contributed by atoms with van der Waals surface area (Å²) in [6.07, 6.45) is 0. The lowest BCUT2D eigenvalue weighted by molar-refractivity contribution is 0.0689. The lowest BCUT2D eigenvalue weighted by Gasteiger charge is -2.21. The molecule has 10 heteroatoms. The summed E-state index contributed by atoms with van der Waals surface area (Å²) in [7, 11) is 4.13. The second-order valence-electron chi connectivity index (χ2n) is 9.67. The molecule has 0 spiro atoms. The first-order valence-electron chi connectivity index (χ1n) is 12.6. The molecule has 0 aliphatic carbocycles. The average molecular weight is 567 g/mol. The van der Waals surface area contributed by atoms with Gasteiger partial charge in [0.05, 0.1) is 21.3 Å². The second kappa shape index (κ2) is 11.8. The number of methoxy groups -OCH3 is 3. The first-order valence-corrected chi connectivity index (χ1v) is 12.6. The van der Waals surface area contributed by atoms with Crippen molar-refractivity contribution >= 4 is 17.9 Å². The Bertz CT molecular complexity index is 1580. The van der Waals surface area contributed by atoms with Crippen LogP contribution in [0.15, 0.2) is 12.1 Å². The van der Waals surface area contributed by atoms with Gasteiger partial charge in [-0.1, -0.05) is 0 Å². The molecule has 3 aromatic carbocycles. The van der Waals surface area contributed by atoms with Gasteiger partial charge in [0.2, 0.25) is 0 Å². The number of carboxylic acids is 1. The molecule has 10 nitrogen and oxygen atoms in total. The number of rotatable bonds is 8. The Morgan fingerprint density at radius 1 is 0.561 bits per heavy atom. The molecule has 0 amide bonds. The summed E-state index contributed by atoms with van der Waals surface area (Å²) in [5.74, 6) is -1.86. The number of aromatic hydroxyl groups is 1. The number of phenolic OH excluding ortho intramolecular Hbond substituents is 1. The van der Waals surface area contributed by atoms with Crippen LogP contribution in [0, 0.1) is 48.5 Å². The minimum absolute atomic E-state index is 0.00992. The van der Waals surface area contributed by atoms with E-state index in [2.05, 4.69) is 0 Å². The average Bonchev–Trinajstić information content (AvgIpc) is 2.91. The fourth-order valence-electron chi connectivity index (χ4n) is 4.91. The highest BCUT2D eigenvalue weighted by Gasteiger charge is 2.30. The number of carboxylic acid groups (broad SMARTS) is 1. The van der Waals surface area contributed by atoms with E-state index in [9.17, 15) is 24.6 Å². The van der Waals surface area contributed by atoms with Crippen LogP contribution in [0.25, 0.3) is 0 Å². The van der Waals surface area contributed by atoms with Gasteiger partial charge in [-0.05, 0) is 82.9 Å². The maximum absolute atomic E-state index is 13.5.